The van der Waals surface area contributed by atoms with E-state index in [0.717, 1.165) is 19.4 Å². The predicted octanol–water partition coefficient (Wildman–Crippen LogP) is 4.15. The van der Waals surface area contributed by atoms with Crippen molar-refractivity contribution in [2.45, 2.75) is 103 Å². The first kappa shape index (κ1) is 30.1. The van der Waals surface area contributed by atoms with Crippen LogP contribution in [0.2, 0.25) is 0 Å². The van der Waals surface area contributed by atoms with E-state index in [1.807, 2.05) is 0 Å². The summed E-state index contributed by atoms with van der Waals surface area (Å²) < 4.78 is 0.565. The highest BCUT2D eigenvalue weighted by atomic mass is 16.4. The van der Waals surface area contributed by atoms with Gasteiger partial charge in [-0.3, -0.25) is 9.59 Å². The molecule has 0 aliphatic carbocycles. The van der Waals surface area contributed by atoms with Crippen LogP contribution in [-0.2, 0) is 14.4 Å². The Morgan fingerprint density at radius 2 is 1.12 bits per heavy atom. The minimum absolute atomic E-state index is 0.0358. The van der Waals surface area contributed by atoms with Gasteiger partial charge in [-0.25, -0.2) is 0 Å². The van der Waals surface area contributed by atoms with Crippen molar-refractivity contribution in [3.8, 4) is 0 Å². The SMILES string of the molecule is CCCCCCCCC/C=C/CC[N+](CCCC(=O)[O-])(CCCC(=O)O)CCCC(=O)O. The number of allylic oxidation sites excluding steroid dienone is 1. The van der Waals surface area contributed by atoms with E-state index in [0.29, 0.717) is 43.4 Å². The first-order valence-corrected chi connectivity index (χ1v) is 12.4. The third-order valence-corrected chi connectivity index (χ3v) is 5.97. The fourth-order valence-electron chi connectivity index (χ4n) is 4.16. The lowest BCUT2D eigenvalue weighted by Gasteiger charge is -2.39. The Morgan fingerprint density at radius 3 is 1.62 bits per heavy atom. The topological polar surface area (TPSA) is 115 Å². The molecule has 0 fully saturated rings. The lowest BCUT2D eigenvalue weighted by molar-refractivity contribution is -0.928. The van der Waals surface area contributed by atoms with Crippen LogP contribution in [0.25, 0.3) is 0 Å². The molecule has 2 N–H and O–H groups in total. The number of carbonyl (C=O) groups is 3. The summed E-state index contributed by atoms with van der Waals surface area (Å²) in [7, 11) is 0. The molecule has 0 radical (unpaired) electrons. The van der Waals surface area contributed by atoms with Crippen molar-refractivity contribution >= 4 is 17.9 Å². The second-order valence-corrected chi connectivity index (χ2v) is 8.88. The van der Waals surface area contributed by atoms with Crippen LogP contribution in [0.4, 0.5) is 0 Å². The quantitative estimate of drug-likeness (QED) is 0.136. The van der Waals surface area contributed by atoms with Gasteiger partial charge in [0.2, 0.25) is 0 Å². The van der Waals surface area contributed by atoms with Gasteiger partial charge in [-0.15, -0.1) is 0 Å². The molecule has 7 heteroatoms. The number of aliphatic carboxylic acids is 3. The Labute approximate surface area is 194 Å². The zero-order chi connectivity index (χ0) is 24.1. The molecule has 0 aliphatic heterocycles. The van der Waals surface area contributed by atoms with Crippen LogP contribution in [0, 0.1) is 0 Å². The van der Waals surface area contributed by atoms with Gasteiger partial charge < -0.3 is 24.6 Å². The highest BCUT2D eigenvalue weighted by Gasteiger charge is 2.26. The Hall–Kier alpha value is -1.89. The van der Waals surface area contributed by atoms with Gasteiger partial charge in [0.25, 0.3) is 0 Å². The number of hydrogen-bond acceptors (Lipinski definition) is 4. The van der Waals surface area contributed by atoms with E-state index in [4.69, 9.17) is 10.2 Å². The Balaban J connectivity index is 4.68. The molecular formula is C25H45NO6. The second-order valence-electron chi connectivity index (χ2n) is 8.88. The Kier molecular flexibility index (Phi) is 18.6. The van der Waals surface area contributed by atoms with Crippen LogP contribution in [0.3, 0.4) is 0 Å². The largest absolute Gasteiger partial charge is 0.550 e. The standard InChI is InChI=1S/C25H45NO6/c1-2-3-4-5-6-7-8-9-10-11-12-19-26(20-13-16-23(27)28,21-14-17-24(29)30)22-15-18-25(31)32/h10-11H,2-9,12-22H2,1H3,(H2-,27,28,29,30,31,32)/b11-10+. The molecule has 0 aromatic rings. The maximum atomic E-state index is 11.0. The number of rotatable bonds is 23. The first-order chi connectivity index (χ1) is 15.3. The summed E-state index contributed by atoms with van der Waals surface area (Å²) in [6, 6.07) is 0. The summed E-state index contributed by atoms with van der Waals surface area (Å²) in [5.41, 5.74) is 0. The molecule has 0 unspecified atom stereocenters. The molecule has 0 rings (SSSR count). The number of hydrogen-bond donors (Lipinski definition) is 2. The van der Waals surface area contributed by atoms with Gasteiger partial charge in [0.05, 0.1) is 39.0 Å². The number of unbranched alkanes of at least 4 members (excludes halogenated alkanes) is 7. The highest BCUT2D eigenvalue weighted by Crippen LogP contribution is 2.17. The molecule has 7 nitrogen and oxygen atoms in total. The molecule has 0 atom stereocenters. The number of nitrogens with zero attached hydrogens (tertiary/aromatic N) is 1. The van der Waals surface area contributed by atoms with Crippen LogP contribution in [0.1, 0.15) is 103 Å². The minimum Gasteiger partial charge on any atom is -0.550 e. The normalized spacial score (nSPS) is 11.8. The zero-order valence-corrected chi connectivity index (χ0v) is 20.1. The zero-order valence-electron chi connectivity index (χ0n) is 20.1. The van der Waals surface area contributed by atoms with Gasteiger partial charge >= 0.3 is 11.9 Å². The molecule has 0 heterocycles. The fraction of sp³-hybridized carbons (Fsp3) is 0.800. The number of carbonyl (C=O) groups excluding carboxylic acids is 1. The molecule has 0 saturated heterocycles. The van der Waals surface area contributed by atoms with Crippen molar-refractivity contribution in [2.75, 3.05) is 26.2 Å². The first-order valence-electron chi connectivity index (χ1n) is 12.4. The maximum absolute atomic E-state index is 11.0. The fourth-order valence-corrected chi connectivity index (χ4v) is 4.16. The summed E-state index contributed by atoms with van der Waals surface area (Å²) in [5.74, 6) is -2.79. The predicted molar refractivity (Wildman–Crippen MR) is 124 cm³/mol. The van der Waals surface area contributed by atoms with E-state index in [9.17, 15) is 19.5 Å². The summed E-state index contributed by atoms with van der Waals surface area (Å²) in [4.78, 5) is 32.8. The smallest absolute Gasteiger partial charge is 0.303 e. The maximum Gasteiger partial charge on any atom is 0.303 e. The molecule has 0 saturated carbocycles. The third-order valence-electron chi connectivity index (χ3n) is 5.97. The van der Waals surface area contributed by atoms with E-state index in [1.165, 1.54) is 44.9 Å². The number of quaternary nitrogens is 1. The van der Waals surface area contributed by atoms with E-state index < -0.39 is 17.9 Å². The van der Waals surface area contributed by atoms with Crippen molar-refractivity contribution in [3.05, 3.63) is 12.2 Å². The molecule has 0 aliphatic rings. The van der Waals surface area contributed by atoms with Gasteiger partial charge in [0.1, 0.15) is 0 Å². The summed E-state index contributed by atoms with van der Waals surface area (Å²) in [5, 5.41) is 28.9. The minimum atomic E-state index is -1.09. The van der Waals surface area contributed by atoms with Crippen molar-refractivity contribution < 1.29 is 34.2 Å². The van der Waals surface area contributed by atoms with Gasteiger partial charge in [-0.05, 0) is 19.3 Å². The average Bonchev–Trinajstić information content (AvgIpc) is 2.71. The van der Waals surface area contributed by atoms with E-state index in [1.54, 1.807) is 0 Å². The molecule has 0 amide bonds. The van der Waals surface area contributed by atoms with Crippen molar-refractivity contribution in [2.24, 2.45) is 0 Å². The Bertz CT molecular complexity index is 496. The number of carboxylic acids is 3. The summed E-state index contributed by atoms with van der Waals surface area (Å²) in [6.07, 6.45) is 16.7. The monoisotopic (exact) mass is 455 g/mol. The van der Waals surface area contributed by atoms with Gasteiger partial charge in [0, 0.05) is 31.7 Å². The van der Waals surface area contributed by atoms with Crippen molar-refractivity contribution in [1.82, 2.24) is 0 Å². The second kappa shape index (κ2) is 19.8. The van der Waals surface area contributed by atoms with Gasteiger partial charge in [0.15, 0.2) is 0 Å². The lowest BCUT2D eigenvalue weighted by atomic mass is 10.1. The molecular weight excluding hydrogens is 410 g/mol. The van der Waals surface area contributed by atoms with Crippen molar-refractivity contribution in [1.29, 1.82) is 0 Å². The molecule has 0 spiro atoms. The van der Waals surface area contributed by atoms with Crippen LogP contribution in [-0.4, -0.2) is 58.8 Å². The van der Waals surface area contributed by atoms with Crippen LogP contribution in [0.5, 0.6) is 0 Å². The lowest BCUT2D eigenvalue weighted by Crippen LogP contribution is -2.51. The van der Waals surface area contributed by atoms with Gasteiger partial charge in [-0.1, -0.05) is 57.6 Å². The summed E-state index contributed by atoms with van der Waals surface area (Å²) >= 11 is 0. The van der Waals surface area contributed by atoms with Gasteiger partial charge in [-0.2, -0.15) is 0 Å². The molecule has 0 aromatic carbocycles. The Morgan fingerprint density at radius 1 is 0.656 bits per heavy atom. The molecule has 32 heavy (non-hydrogen) atoms. The summed E-state index contributed by atoms with van der Waals surface area (Å²) in [6.45, 7) is 4.81. The molecule has 0 bridgehead atoms. The van der Waals surface area contributed by atoms with Crippen LogP contribution >= 0.6 is 0 Å². The molecule has 186 valence electrons. The van der Waals surface area contributed by atoms with E-state index >= 15 is 0 Å². The third kappa shape index (κ3) is 18.8. The van der Waals surface area contributed by atoms with Crippen LogP contribution in [0.15, 0.2) is 12.2 Å². The average molecular weight is 456 g/mol. The molecule has 0 aromatic heterocycles. The van der Waals surface area contributed by atoms with E-state index in [2.05, 4.69) is 19.1 Å². The van der Waals surface area contributed by atoms with E-state index in [-0.39, 0.29) is 19.3 Å². The highest BCUT2D eigenvalue weighted by molar-refractivity contribution is 5.66. The van der Waals surface area contributed by atoms with Crippen molar-refractivity contribution in [3.63, 3.8) is 0 Å². The van der Waals surface area contributed by atoms with Crippen LogP contribution < -0.4 is 5.11 Å². The number of carboxylic acid groups (broad SMARTS) is 3.